The van der Waals surface area contributed by atoms with E-state index in [1.54, 1.807) is 30.3 Å². The highest BCUT2D eigenvalue weighted by Gasteiger charge is 2.18. The lowest BCUT2D eigenvalue weighted by atomic mass is 10.0. The summed E-state index contributed by atoms with van der Waals surface area (Å²) in [7, 11) is 1.53. The van der Waals surface area contributed by atoms with E-state index in [-0.39, 0.29) is 12.3 Å². The molecule has 0 radical (unpaired) electrons. The first-order chi connectivity index (χ1) is 8.10. The summed E-state index contributed by atoms with van der Waals surface area (Å²) in [6, 6.07) is 7.99. The molecule has 1 aromatic carbocycles. The minimum absolute atomic E-state index is 0.141. The van der Waals surface area contributed by atoms with E-state index in [9.17, 15) is 15.0 Å². The maximum Gasteiger partial charge on any atom is 0.251 e. The summed E-state index contributed by atoms with van der Waals surface area (Å²) in [6.45, 7) is 0. The van der Waals surface area contributed by atoms with Crippen molar-refractivity contribution in [3.8, 4) is 6.07 Å². The van der Waals surface area contributed by atoms with Gasteiger partial charge in [-0.2, -0.15) is 5.26 Å². The zero-order valence-electron chi connectivity index (χ0n) is 9.42. The lowest BCUT2D eigenvalue weighted by molar-refractivity contribution is 0.0216. The van der Waals surface area contributed by atoms with Crippen LogP contribution in [0.4, 0.5) is 0 Å². The molecule has 0 bridgehead atoms. The largest absolute Gasteiger partial charge is 0.389 e. The van der Waals surface area contributed by atoms with Crippen LogP contribution in [0.5, 0.6) is 0 Å². The molecule has 0 aliphatic rings. The molecule has 1 amide bonds. The predicted molar refractivity (Wildman–Crippen MR) is 61.0 cm³/mol. The van der Waals surface area contributed by atoms with Crippen LogP contribution >= 0.6 is 0 Å². The van der Waals surface area contributed by atoms with Gasteiger partial charge in [0.15, 0.2) is 0 Å². The van der Waals surface area contributed by atoms with Gasteiger partial charge in [-0.15, -0.1) is 0 Å². The second-order valence-corrected chi connectivity index (χ2v) is 3.58. The van der Waals surface area contributed by atoms with E-state index < -0.39 is 12.2 Å². The van der Waals surface area contributed by atoms with Crippen LogP contribution in [0.2, 0.25) is 0 Å². The van der Waals surface area contributed by atoms with Gasteiger partial charge < -0.3 is 15.5 Å². The van der Waals surface area contributed by atoms with Gasteiger partial charge in [-0.3, -0.25) is 4.79 Å². The number of benzene rings is 1. The van der Waals surface area contributed by atoms with Crippen LogP contribution in [-0.2, 0) is 0 Å². The second-order valence-electron chi connectivity index (χ2n) is 3.58. The lowest BCUT2D eigenvalue weighted by Gasteiger charge is -2.15. The van der Waals surface area contributed by atoms with Crippen molar-refractivity contribution in [2.75, 3.05) is 7.05 Å². The zero-order chi connectivity index (χ0) is 12.8. The number of nitriles is 1. The molecule has 2 unspecified atom stereocenters. The maximum atomic E-state index is 11.3. The molecule has 0 saturated carbocycles. The third-order valence-electron chi connectivity index (χ3n) is 2.41. The molecule has 0 heterocycles. The topological polar surface area (TPSA) is 93.3 Å². The Morgan fingerprint density at radius 2 is 2.00 bits per heavy atom. The lowest BCUT2D eigenvalue weighted by Crippen LogP contribution is -2.19. The first-order valence-electron chi connectivity index (χ1n) is 5.15. The molecule has 2 atom stereocenters. The number of rotatable bonds is 4. The van der Waals surface area contributed by atoms with Crippen molar-refractivity contribution in [1.82, 2.24) is 5.32 Å². The smallest absolute Gasteiger partial charge is 0.251 e. The fourth-order valence-corrected chi connectivity index (χ4v) is 1.40. The summed E-state index contributed by atoms with van der Waals surface area (Å²) in [4.78, 5) is 11.3. The number of amides is 1. The third kappa shape index (κ3) is 3.28. The van der Waals surface area contributed by atoms with E-state index in [0.717, 1.165) is 0 Å². The summed E-state index contributed by atoms with van der Waals surface area (Å²) in [6.07, 6.45) is -2.38. The van der Waals surface area contributed by atoms with Crippen molar-refractivity contribution in [1.29, 1.82) is 5.26 Å². The van der Waals surface area contributed by atoms with Crippen LogP contribution in [0.1, 0.15) is 28.4 Å². The molecule has 0 aliphatic carbocycles. The van der Waals surface area contributed by atoms with Gasteiger partial charge in [-0.1, -0.05) is 12.1 Å². The fraction of sp³-hybridized carbons (Fsp3) is 0.333. The van der Waals surface area contributed by atoms with E-state index in [4.69, 9.17) is 5.26 Å². The average molecular weight is 234 g/mol. The van der Waals surface area contributed by atoms with E-state index in [1.165, 1.54) is 7.05 Å². The second kappa shape index (κ2) is 5.99. The molecule has 5 heteroatoms. The molecule has 3 N–H and O–H groups in total. The summed E-state index contributed by atoms with van der Waals surface area (Å²) < 4.78 is 0. The molecule has 0 saturated heterocycles. The van der Waals surface area contributed by atoms with Crippen LogP contribution < -0.4 is 5.32 Å². The number of nitrogens with zero attached hydrogens (tertiary/aromatic N) is 1. The Kier molecular flexibility index (Phi) is 4.64. The van der Waals surface area contributed by atoms with Gasteiger partial charge in [0, 0.05) is 12.6 Å². The molecule has 0 fully saturated rings. The Labute approximate surface area is 99.3 Å². The van der Waals surface area contributed by atoms with Crippen LogP contribution in [0, 0.1) is 11.3 Å². The number of nitrogens with one attached hydrogen (secondary N) is 1. The normalized spacial score (nSPS) is 13.5. The van der Waals surface area contributed by atoms with Gasteiger partial charge in [-0.05, 0) is 17.7 Å². The van der Waals surface area contributed by atoms with Crippen molar-refractivity contribution in [2.24, 2.45) is 0 Å². The quantitative estimate of drug-likeness (QED) is 0.701. The van der Waals surface area contributed by atoms with E-state index in [2.05, 4.69) is 5.32 Å². The van der Waals surface area contributed by atoms with Crippen molar-refractivity contribution >= 4 is 5.91 Å². The molecule has 1 aromatic rings. The van der Waals surface area contributed by atoms with E-state index >= 15 is 0 Å². The zero-order valence-corrected chi connectivity index (χ0v) is 9.42. The molecular weight excluding hydrogens is 220 g/mol. The Morgan fingerprint density at radius 3 is 2.47 bits per heavy atom. The number of carbonyl (C=O) groups excluding carboxylic acids is 1. The Bertz CT molecular complexity index is 422. The molecule has 1 rings (SSSR count). The fourth-order valence-electron chi connectivity index (χ4n) is 1.40. The van der Waals surface area contributed by atoms with Crippen LogP contribution in [0.3, 0.4) is 0 Å². The Morgan fingerprint density at radius 1 is 1.41 bits per heavy atom. The number of carbonyl (C=O) groups is 1. The Hall–Kier alpha value is -1.90. The van der Waals surface area contributed by atoms with E-state index in [1.807, 2.05) is 0 Å². The standard InChI is InChI=1S/C12H14N2O3/c1-14-12(17)9-4-2-8(3-5-9)11(16)10(15)6-7-13/h2-5,10-11,15-16H,6H2,1H3,(H,14,17). The average Bonchev–Trinajstić information content (AvgIpc) is 2.37. The molecule has 5 nitrogen and oxygen atoms in total. The first kappa shape index (κ1) is 13.2. The molecular formula is C12H14N2O3. The van der Waals surface area contributed by atoms with Crippen LogP contribution in [-0.4, -0.2) is 29.3 Å². The highest BCUT2D eigenvalue weighted by Crippen LogP contribution is 2.19. The molecule has 90 valence electrons. The minimum Gasteiger partial charge on any atom is -0.389 e. The van der Waals surface area contributed by atoms with Gasteiger partial charge in [0.2, 0.25) is 0 Å². The Balaban J connectivity index is 2.81. The van der Waals surface area contributed by atoms with Gasteiger partial charge in [0.25, 0.3) is 5.91 Å². The van der Waals surface area contributed by atoms with Crippen LogP contribution in [0.15, 0.2) is 24.3 Å². The summed E-state index contributed by atoms with van der Waals surface area (Å²) >= 11 is 0. The van der Waals surface area contributed by atoms with Gasteiger partial charge in [0.05, 0.1) is 18.6 Å². The van der Waals surface area contributed by atoms with Crippen molar-refractivity contribution in [3.05, 3.63) is 35.4 Å². The van der Waals surface area contributed by atoms with Crippen molar-refractivity contribution in [2.45, 2.75) is 18.6 Å². The predicted octanol–water partition coefficient (Wildman–Crippen LogP) is 0.354. The molecule has 0 spiro atoms. The number of aliphatic hydroxyl groups is 2. The molecule has 0 aliphatic heterocycles. The third-order valence-corrected chi connectivity index (χ3v) is 2.41. The summed E-state index contributed by atoms with van der Waals surface area (Å²) in [5, 5.41) is 30.0. The maximum absolute atomic E-state index is 11.3. The molecule has 0 aromatic heterocycles. The van der Waals surface area contributed by atoms with Gasteiger partial charge in [-0.25, -0.2) is 0 Å². The van der Waals surface area contributed by atoms with Gasteiger partial charge in [0.1, 0.15) is 6.10 Å². The number of aliphatic hydroxyl groups excluding tert-OH is 2. The monoisotopic (exact) mass is 234 g/mol. The van der Waals surface area contributed by atoms with Crippen LogP contribution in [0.25, 0.3) is 0 Å². The molecule has 17 heavy (non-hydrogen) atoms. The number of hydrogen-bond donors (Lipinski definition) is 3. The van der Waals surface area contributed by atoms with Gasteiger partial charge >= 0.3 is 0 Å². The summed E-state index contributed by atoms with van der Waals surface area (Å²) in [5.41, 5.74) is 0.943. The number of hydrogen-bond acceptors (Lipinski definition) is 4. The van der Waals surface area contributed by atoms with Crippen molar-refractivity contribution < 1.29 is 15.0 Å². The first-order valence-corrected chi connectivity index (χ1v) is 5.15. The van der Waals surface area contributed by atoms with E-state index in [0.29, 0.717) is 11.1 Å². The highest BCUT2D eigenvalue weighted by atomic mass is 16.3. The minimum atomic E-state index is -1.12. The SMILES string of the molecule is CNC(=O)c1ccc(C(O)C(O)CC#N)cc1. The van der Waals surface area contributed by atoms with Crippen molar-refractivity contribution in [3.63, 3.8) is 0 Å². The summed E-state index contributed by atoms with van der Waals surface area (Å²) in [5.74, 6) is -0.219. The highest BCUT2D eigenvalue weighted by molar-refractivity contribution is 5.93.